The van der Waals surface area contributed by atoms with Gasteiger partial charge in [-0.1, -0.05) is 13.8 Å². The van der Waals surface area contributed by atoms with E-state index >= 15 is 0 Å². The zero-order valence-electron chi connectivity index (χ0n) is 11.0. The van der Waals surface area contributed by atoms with Crippen LogP contribution in [0.1, 0.15) is 20.3 Å². The van der Waals surface area contributed by atoms with Crippen molar-refractivity contribution in [2.75, 3.05) is 34.7 Å². The molecule has 0 aliphatic carbocycles. The van der Waals surface area contributed by atoms with E-state index in [1.165, 1.54) is 0 Å². The molecule has 0 spiro atoms. The minimum absolute atomic E-state index is 0.167. The third-order valence-electron chi connectivity index (χ3n) is 2.04. The van der Waals surface area contributed by atoms with E-state index in [2.05, 4.69) is 18.8 Å². The van der Waals surface area contributed by atoms with Gasteiger partial charge >= 0.3 is 0 Å². The zero-order chi connectivity index (χ0) is 12.0. The zero-order valence-corrected chi connectivity index (χ0v) is 11.0. The van der Waals surface area contributed by atoms with E-state index in [0.29, 0.717) is 12.5 Å². The Balaban J connectivity index is 4.21. The Hall–Kier alpha value is -0.770. The van der Waals surface area contributed by atoms with Crippen LogP contribution in [0.4, 0.5) is 0 Å². The molecule has 0 bridgehead atoms. The Labute approximate surface area is 94.1 Å². The molecule has 0 rings (SSSR count). The van der Waals surface area contributed by atoms with Crippen molar-refractivity contribution in [2.24, 2.45) is 16.6 Å². The standard InChI is InChI=1S/C11H26N4/c1-9(2)7-10(12)8-13-11(14(3)4)15(5)6/h9-10H,7-8,12H2,1-6H3. The number of guanidine groups is 1. The minimum Gasteiger partial charge on any atom is -0.349 e. The summed E-state index contributed by atoms with van der Waals surface area (Å²) < 4.78 is 0. The molecule has 4 nitrogen and oxygen atoms in total. The van der Waals surface area contributed by atoms with Gasteiger partial charge in [0, 0.05) is 34.2 Å². The maximum absolute atomic E-state index is 5.98. The van der Waals surface area contributed by atoms with E-state index in [9.17, 15) is 0 Å². The summed E-state index contributed by atoms with van der Waals surface area (Å²) >= 11 is 0. The number of hydrogen-bond acceptors (Lipinski definition) is 2. The van der Waals surface area contributed by atoms with Crippen LogP contribution in [0.3, 0.4) is 0 Å². The molecule has 0 aromatic rings. The summed E-state index contributed by atoms with van der Waals surface area (Å²) in [6, 6.07) is 0.167. The lowest BCUT2D eigenvalue weighted by atomic mass is 10.1. The van der Waals surface area contributed by atoms with Crippen LogP contribution in [0.2, 0.25) is 0 Å². The summed E-state index contributed by atoms with van der Waals surface area (Å²) in [5, 5.41) is 0. The van der Waals surface area contributed by atoms with Crippen LogP contribution in [-0.2, 0) is 0 Å². The Kier molecular flexibility index (Phi) is 6.32. The Morgan fingerprint density at radius 3 is 1.93 bits per heavy atom. The molecule has 0 amide bonds. The molecule has 0 aliphatic rings. The highest BCUT2D eigenvalue weighted by atomic mass is 15.3. The Morgan fingerprint density at radius 2 is 1.60 bits per heavy atom. The smallest absolute Gasteiger partial charge is 0.195 e. The molecule has 90 valence electrons. The molecule has 0 aliphatic heterocycles. The van der Waals surface area contributed by atoms with E-state index < -0.39 is 0 Å². The summed E-state index contributed by atoms with van der Waals surface area (Å²) in [4.78, 5) is 8.52. The number of rotatable bonds is 4. The first-order valence-electron chi connectivity index (χ1n) is 5.49. The second-order valence-corrected chi connectivity index (χ2v) is 4.82. The van der Waals surface area contributed by atoms with Gasteiger partial charge in [-0.2, -0.15) is 0 Å². The van der Waals surface area contributed by atoms with Crippen molar-refractivity contribution in [1.82, 2.24) is 9.80 Å². The first kappa shape index (κ1) is 14.2. The van der Waals surface area contributed by atoms with Gasteiger partial charge in [-0.15, -0.1) is 0 Å². The van der Waals surface area contributed by atoms with Gasteiger partial charge in [0.05, 0.1) is 6.54 Å². The largest absolute Gasteiger partial charge is 0.349 e. The van der Waals surface area contributed by atoms with E-state index in [0.717, 1.165) is 12.4 Å². The number of aliphatic imine (C=N–C) groups is 1. The number of nitrogens with two attached hydrogens (primary N) is 1. The van der Waals surface area contributed by atoms with Crippen molar-refractivity contribution < 1.29 is 0 Å². The van der Waals surface area contributed by atoms with Gasteiger partial charge in [0.1, 0.15) is 0 Å². The van der Waals surface area contributed by atoms with Crippen molar-refractivity contribution >= 4 is 5.96 Å². The van der Waals surface area contributed by atoms with Crippen molar-refractivity contribution in [3.63, 3.8) is 0 Å². The summed E-state index contributed by atoms with van der Waals surface area (Å²) in [7, 11) is 7.97. The molecule has 15 heavy (non-hydrogen) atoms. The summed E-state index contributed by atoms with van der Waals surface area (Å²) in [5.41, 5.74) is 5.98. The van der Waals surface area contributed by atoms with Crippen LogP contribution in [0, 0.1) is 5.92 Å². The molecule has 0 fully saturated rings. The maximum Gasteiger partial charge on any atom is 0.195 e. The Bertz CT molecular complexity index is 187. The number of nitrogens with zero attached hydrogens (tertiary/aromatic N) is 3. The molecule has 0 saturated carbocycles. The van der Waals surface area contributed by atoms with Crippen LogP contribution in [0.5, 0.6) is 0 Å². The predicted molar refractivity (Wildman–Crippen MR) is 67.1 cm³/mol. The van der Waals surface area contributed by atoms with Gasteiger partial charge in [-0.3, -0.25) is 4.99 Å². The second kappa shape index (κ2) is 6.67. The van der Waals surface area contributed by atoms with E-state index in [1.807, 2.05) is 38.0 Å². The Morgan fingerprint density at radius 1 is 1.13 bits per heavy atom. The van der Waals surface area contributed by atoms with Crippen molar-refractivity contribution in [3.8, 4) is 0 Å². The predicted octanol–water partition coefficient (Wildman–Crippen LogP) is 0.839. The van der Waals surface area contributed by atoms with Crippen molar-refractivity contribution in [1.29, 1.82) is 0 Å². The molecule has 0 aromatic carbocycles. The molecular weight excluding hydrogens is 188 g/mol. The van der Waals surface area contributed by atoms with E-state index in [1.54, 1.807) is 0 Å². The molecule has 0 aromatic heterocycles. The van der Waals surface area contributed by atoms with Crippen molar-refractivity contribution in [2.45, 2.75) is 26.3 Å². The van der Waals surface area contributed by atoms with Gasteiger partial charge in [0.2, 0.25) is 0 Å². The van der Waals surface area contributed by atoms with Gasteiger partial charge in [0.15, 0.2) is 5.96 Å². The average Bonchev–Trinajstić information content (AvgIpc) is 2.00. The fourth-order valence-electron chi connectivity index (χ4n) is 1.56. The highest BCUT2D eigenvalue weighted by Gasteiger charge is 2.07. The summed E-state index contributed by atoms with van der Waals surface area (Å²) in [6.07, 6.45) is 1.03. The normalized spacial score (nSPS) is 12.5. The van der Waals surface area contributed by atoms with Crippen LogP contribution in [0.25, 0.3) is 0 Å². The van der Waals surface area contributed by atoms with Crippen LogP contribution < -0.4 is 5.73 Å². The van der Waals surface area contributed by atoms with Gasteiger partial charge in [-0.05, 0) is 12.3 Å². The fraction of sp³-hybridized carbons (Fsp3) is 0.909. The monoisotopic (exact) mass is 214 g/mol. The molecule has 2 N–H and O–H groups in total. The highest BCUT2D eigenvalue weighted by Crippen LogP contribution is 2.03. The average molecular weight is 214 g/mol. The topological polar surface area (TPSA) is 44.9 Å². The lowest BCUT2D eigenvalue weighted by molar-refractivity contribution is 0.465. The lowest BCUT2D eigenvalue weighted by Gasteiger charge is -2.23. The van der Waals surface area contributed by atoms with Crippen molar-refractivity contribution in [3.05, 3.63) is 0 Å². The molecule has 4 heteroatoms. The lowest BCUT2D eigenvalue weighted by Crippen LogP contribution is -2.37. The second-order valence-electron chi connectivity index (χ2n) is 4.82. The van der Waals surface area contributed by atoms with E-state index in [-0.39, 0.29) is 6.04 Å². The van der Waals surface area contributed by atoms with Gasteiger partial charge in [0.25, 0.3) is 0 Å². The number of hydrogen-bond donors (Lipinski definition) is 1. The first-order chi connectivity index (χ1) is 6.84. The molecule has 0 saturated heterocycles. The molecule has 1 unspecified atom stereocenters. The third kappa shape index (κ3) is 6.33. The van der Waals surface area contributed by atoms with Gasteiger partial charge in [-0.25, -0.2) is 0 Å². The maximum atomic E-state index is 5.98. The highest BCUT2D eigenvalue weighted by molar-refractivity contribution is 5.79. The SMILES string of the molecule is CC(C)CC(N)CN=C(N(C)C)N(C)C. The first-order valence-corrected chi connectivity index (χ1v) is 5.49. The molecule has 0 heterocycles. The van der Waals surface area contributed by atoms with Gasteiger partial charge < -0.3 is 15.5 Å². The summed E-state index contributed by atoms with van der Waals surface area (Å²) in [6.45, 7) is 5.06. The third-order valence-corrected chi connectivity index (χ3v) is 2.04. The summed E-state index contributed by atoms with van der Waals surface area (Å²) in [5.74, 6) is 1.60. The van der Waals surface area contributed by atoms with Crippen LogP contribution >= 0.6 is 0 Å². The molecule has 1 atom stereocenters. The van der Waals surface area contributed by atoms with Crippen LogP contribution in [0.15, 0.2) is 4.99 Å². The fourth-order valence-corrected chi connectivity index (χ4v) is 1.56. The van der Waals surface area contributed by atoms with Crippen LogP contribution in [-0.4, -0.2) is 56.5 Å². The quantitative estimate of drug-likeness (QED) is 0.557. The molecule has 0 radical (unpaired) electrons. The van der Waals surface area contributed by atoms with E-state index in [4.69, 9.17) is 5.73 Å². The molecular formula is C11H26N4. The minimum atomic E-state index is 0.167.